The van der Waals surface area contributed by atoms with Crippen molar-refractivity contribution in [2.24, 2.45) is 0 Å². The van der Waals surface area contributed by atoms with Gasteiger partial charge in [-0.25, -0.2) is 4.79 Å². The Morgan fingerprint density at radius 3 is 2.80 bits per heavy atom. The van der Waals surface area contributed by atoms with Crippen molar-refractivity contribution in [1.82, 2.24) is 10.2 Å². The molecule has 0 spiro atoms. The van der Waals surface area contributed by atoms with Crippen LogP contribution in [0.2, 0.25) is 0 Å². The quantitative estimate of drug-likeness (QED) is 0.737. The summed E-state index contributed by atoms with van der Waals surface area (Å²) in [5, 5.41) is 20.1. The van der Waals surface area contributed by atoms with Crippen molar-refractivity contribution in [2.75, 3.05) is 11.1 Å². The summed E-state index contributed by atoms with van der Waals surface area (Å²) < 4.78 is 0. The lowest BCUT2D eigenvalue weighted by atomic mass is 10.3. The summed E-state index contributed by atoms with van der Waals surface area (Å²) in [5.74, 6) is -0.874. The molecule has 6 nitrogen and oxygen atoms in total. The summed E-state index contributed by atoms with van der Waals surface area (Å²) in [6.45, 7) is 3.64. The zero-order chi connectivity index (χ0) is 14.7. The van der Waals surface area contributed by atoms with Crippen molar-refractivity contribution >= 4 is 40.7 Å². The number of carboxylic acid groups (broad SMARTS) is 1. The van der Waals surface area contributed by atoms with Gasteiger partial charge in [0.2, 0.25) is 5.91 Å². The van der Waals surface area contributed by atoms with Crippen LogP contribution in [0, 0.1) is 13.8 Å². The number of hydrogen-bond donors (Lipinski definition) is 3. The number of anilines is 1. The van der Waals surface area contributed by atoms with Crippen LogP contribution < -0.4 is 5.32 Å². The van der Waals surface area contributed by atoms with Gasteiger partial charge in [0.05, 0.1) is 22.8 Å². The van der Waals surface area contributed by atoms with Crippen LogP contribution in [0.1, 0.15) is 21.1 Å². The first-order chi connectivity index (χ1) is 9.47. The number of nitrogens with zero attached hydrogens (tertiary/aromatic N) is 1. The van der Waals surface area contributed by atoms with Crippen molar-refractivity contribution in [3.63, 3.8) is 0 Å². The highest BCUT2D eigenvalue weighted by molar-refractivity contribution is 8.00. The minimum Gasteiger partial charge on any atom is -0.477 e. The maximum absolute atomic E-state index is 11.8. The van der Waals surface area contributed by atoms with Gasteiger partial charge >= 0.3 is 5.97 Å². The molecule has 8 heteroatoms. The van der Waals surface area contributed by atoms with Crippen LogP contribution >= 0.6 is 23.1 Å². The highest BCUT2D eigenvalue weighted by Gasteiger charge is 2.12. The molecular formula is C12H13N3O3S2. The number of thiophene rings is 1. The minimum absolute atomic E-state index is 0.148. The molecule has 0 unspecified atom stereocenters. The molecule has 106 valence electrons. The third-order valence-electron chi connectivity index (χ3n) is 2.55. The number of hydrogen-bond acceptors (Lipinski definition) is 5. The van der Waals surface area contributed by atoms with E-state index in [0.717, 1.165) is 27.6 Å². The van der Waals surface area contributed by atoms with Gasteiger partial charge in [-0.2, -0.15) is 5.10 Å². The van der Waals surface area contributed by atoms with E-state index < -0.39 is 5.97 Å². The fraction of sp³-hybridized carbons (Fsp3) is 0.250. The molecule has 3 N–H and O–H groups in total. The Morgan fingerprint density at radius 2 is 2.25 bits per heavy atom. The molecule has 0 radical (unpaired) electrons. The summed E-state index contributed by atoms with van der Waals surface area (Å²) in [6, 6.07) is 1.57. The first-order valence-electron chi connectivity index (χ1n) is 5.73. The molecule has 2 rings (SSSR count). The summed E-state index contributed by atoms with van der Waals surface area (Å²) in [4.78, 5) is 23.6. The summed E-state index contributed by atoms with van der Waals surface area (Å²) >= 11 is 2.46. The van der Waals surface area contributed by atoms with E-state index in [1.54, 1.807) is 11.4 Å². The summed E-state index contributed by atoms with van der Waals surface area (Å²) in [5.41, 5.74) is 2.25. The Bertz CT molecular complexity index is 629. The van der Waals surface area contributed by atoms with Gasteiger partial charge in [-0.15, -0.1) is 23.1 Å². The standard InChI is InChI=1S/C12H13N3O3S2/c1-6-11(7(2)15-14-6)13-10(16)5-19-8-3-9(12(17)18)20-4-8/h3-4H,5H2,1-2H3,(H,13,16)(H,14,15)(H,17,18). The normalized spacial score (nSPS) is 10.5. The molecule has 20 heavy (non-hydrogen) atoms. The number of H-pyrrole nitrogens is 1. The fourth-order valence-corrected chi connectivity index (χ4v) is 3.24. The molecule has 0 saturated heterocycles. The first-order valence-corrected chi connectivity index (χ1v) is 7.60. The number of amides is 1. The molecular weight excluding hydrogens is 298 g/mol. The van der Waals surface area contributed by atoms with E-state index in [1.165, 1.54) is 11.8 Å². The van der Waals surface area contributed by atoms with Crippen molar-refractivity contribution in [2.45, 2.75) is 18.7 Å². The molecule has 0 saturated carbocycles. The van der Waals surface area contributed by atoms with Crippen LogP contribution in [-0.2, 0) is 4.79 Å². The number of rotatable bonds is 5. The second-order valence-electron chi connectivity index (χ2n) is 4.10. The predicted molar refractivity (Wildman–Crippen MR) is 78.7 cm³/mol. The minimum atomic E-state index is -0.948. The molecule has 2 aromatic heterocycles. The van der Waals surface area contributed by atoms with E-state index in [9.17, 15) is 9.59 Å². The van der Waals surface area contributed by atoms with E-state index in [1.807, 2.05) is 13.8 Å². The van der Waals surface area contributed by atoms with Crippen molar-refractivity contribution in [1.29, 1.82) is 0 Å². The van der Waals surface area contributed by atoms with Gasteiger partial charge in [0.1, 0.15) is 4.88 Å². The van der Waals surface area contributed by atoms with Crippen molar-refractivity contribution < 1.29 is 14.7 Å². The van der Waals surface area contributed by atoms with Crippen LogP contribution in [-0.4, -0.2) is 32.9 Å². The number of carbonyl (C=O) groups is 2. The lowest BCUT2D eigenvalue weighted by molar-refractivity contribution is -0.113. The zero-order valence-electron chi connectivity index (χ0n) is 10.9. The molecule has 2 aromatic rings. The summed E-state index contributed by atoms with van der Waals surface area (Å²) in [6.07, 6.45) is 0. The van der Waals surface area contributed by atoms with Gasteiger partial charge in [0, 0.05) is 10.3 Å². The molecule has 1 amide bonds. The molecule has 0 atom stereocenters. The van der Waals surface area contributed by atoms with Gasteiger partial charge in [0.25, 0.3) is 0 Å². The Balaban J connectivity index is 1.90. The highest BCUT2D eigenvalue weighted by atomic mass is 32.2. The molecule has 2 heterocycles. The largest absolute Gasteiger partial charge is 0.477 e. The Labute approximate surface area is 123 Å². The lowest BCUT2D eigenvalue weighted by Crippen LogP contribution is -2.14. The van der Waals surface area contributed by atoms with E-state index in [-0.39, 0.29) is 16.5 Å². The number of nitrogens with one attached hydrogen (secondary N) is 2. The predicted octanol–water partition coefficient (Wildman–Crippen LogP) is 2.52. The smallest absolute Gasteiger partial charge is 0.345 e. The van der Waals surface area contributed by atoms with E-state index in [0.29, 0.717) is 5.69 Å². The van der Waals surface area contributed by atoms with Crippen LogP contribution in [0.3, 0.4) is 0 Å². The second kappa shape index (κ2) is 6.10. The van der Waals surface area contributed by atoms with E-state index >= 15 is 0 Å². The molecule has 0 fully saturated rings. The Hall–Kier alpha value is -1.80. The highest BCUT2D eigenvalue weighted by Crippen LogP contribution is 2.25. The third kappa shape index (κ3) is 3.40. The average Bonchev–Trinajstić information content (AvgIpc) is 2.98. The maximum atomic E-state index is 11.8. The molecule has 0 aliphatic rings. The fourth-order valence-electron chi connectivity index (χ4n) is 1.57. The molecule has 0 aliphatic carbocycles. The Morgan fingerprint density at radius 1 is 1.50 bits per heavy atom. The van der Waals surface area contributed by atoms with Crippen LogP contribution in [0.15, 0.2) is 16.3 Å². The number of aromatic amines is 1. The summed E-state index contributed by atoms with van der Waals surface area (Å²) in [7, 11) is 0. The number of carbonyl (C=O) groups excluding carboxylic acids is 1. The van der Waals surface area contributed by atoms with Gasteiger partial charge in [0.15, 0.2) is 0 Å². The lowest BCUT2D eigenvalue weighted by Gasteiger charge is -2.04. The van der Waals surface area contributed by atoms with Gasteiger partial charge in [-0.05, 0) is 19.9 Å². The number of aromatic nitrogens is 2. The number of aromatic carboxylic acids is 1. The third-order valence-corrected chi connectivity index (χ3v) is 4.59. The molecule has 0 aromatic carbocycles. The van der Waals surface area contributed by atoms with E-state index in [4.69, 9.17) is 5.11 Å². The maximum Gasteiger partial charge on any atom is 0.345 e. The number of carboxylic acids is 1. The van der Waals surface area contributed by atoms with E-state index in [2.05, 4.69) is 15.5 Å². The average molecular weight is 311 g/mol. The van der Waals surface area contributed by atoms with Crippen molar-refractivity contribution in [3.05, 3.63) is 27.7 Å². The monoisotopic (exact) mass is 311 g/mol. The van der Waals surface area contributed by atoms with Crippen LogP contribution in [0.4, 0.5) is 5.69 Å². The SMILES string of the molecule is Cc1n[nH]c(C)c1NC(=O)CSc1csc(C(=O)O)c1. The molecule has 0 bridgehead atoms. The van der Waals surface area contributed by atoms with Crippen LogP contribution in [0.25, 0.3) is 0 Å². The number of thioether (sulfide) groups is 1. The van der Waals surface area contributed by atoms with Gasteiger partial charge < -0.3 is 10.4 Å². The molecule has 0 aliphatic heterocycles. The van der Waals surface area contributed by atoms with Gasteiger partial charge in [-0.3, -0.25) is 9.89 Å². The van der Waals surface area contributed by atoms with Crippen LogP contribution in [0.5, 0.6) is 0 Å². The topological polar surface area (TPSA) is 95.1 Å². The first kappa shape index (κ1) is 14.6. The zero-order valence-corrected chi connectivity index (χ0v) is 12.5. The van der Waals surface area contributed by atoms with Crippen molar-refractivity contribution in [3.8, 4) is 0 Å². The number of aryl methyl sites for hydroxylation is 2. The Kier molecular flexibility index (Phi) is 4.46. The van der Waals surface area contributed by atoms with Gasteiger partial charge in [-0.1, -0.05) is 0 Å². The second-order valence-corrected chi connectivity index (χ2v) is 6.06.